The molecular weight excluding hydrogens is 291 g/mol. The molecule has 0 unspecified atom stereocenters. The molecule has 0 saturated heterocycles. The molecule has 0 radical (unpaired) electrons. The number of benzene rings is 1. The molecule has 0 aliphatic heterocycles. The number of halogens is 2. The SMILES string of the molecule is Cl.O=C(NCCNC1CCCCCC1)c1ccc(F)cc1. The molecule has 1 aromatic carbocycles. The van der Waals surface area contributed by atoms with Gasteiger partial charge in [-0.05, 0) is 37.1 Å². The molecule has 1 aliphatic carbocycles. The molecule has 1 aliphatic rings. The molecule has 3 nitrogen and oxygen atoms in total. The van der Waals surface area contributed by atoms with Gasteiger partial charge in [0, 0.05) is 24.7 Å². The van der Waals surface area contributed by atoms with E-state index >= 15 is 0 Å². The Hall–Kier alpha value is -1.13. The third-order valence-corrected chi connectivity index (χ3v) is 3.81. The van der Waals surface area contributed by atoms with Gasteiger partial charge < -0.3 is 10.6 Å². The first kappa shape index (κ1) is 17.9. The molecule has 2 rings (SSSR count). The first-order valence-corrected chi connectivity index (χ1v) is 7.53. The fraction of sp³-hybridized carbons (Fsp3) is 0.562. The van der Waals surface area contributed by atoms with Gasteiger partial charge in [0.1, 0.15) is 5.82 Å². The summed E-state index contributed by atoms with van der Waals surface area (Å²) in [7, 11) is 0. The van der Waals surface area contributed by atoms with Crippen molar-refractivity contribution in [2.75, 3.05) is 13.1 Å². The van der Waals surface area contributed by atoms with Gasteiger partial charge in [-0.25, -0.2) is 4.39 Å². The molecule has 0 heterocycles. The Morgan fingerprint density at radius 2 is 1.67 bits per heavy atom. The monoisotopic (exact) mass is 314 g/mol. The Morgan fingerprint density at radius 1 is 1.05 bits per heavy atom. The van der Waals surface area contributed by atoms with Crippen LogP contribution in [0.5, 0.6) is 0 Å². The zero-order chi connectivity index (χ0) is 14.2. The van der Waals surface area contributed by atoms with Crippen LogP contribution in [-0.2, 0) is 0 Å². The topological polar surface area (TPSA) is 41.1 Å². The molecular formula is C16H24ClFN2O. The second kappa shape index (κ2) is 9.74. The summed E-state index contributed by atoms with van der Waals surface area (Å²) < 4.78 is 12.8. The van der Waals surface area contributed by atoms with E-state index in [4.69, 9.17) is 0 Å². The zero-order valence-electron chi connectivity index (χ0n) is 12.2. The highest BCUT2D eigenvalue weighted by atomic mass is 35.5. The highest BCUT2D eigenvalue weighted by molar-refractivity contribution is 5.94. The minimum Gasteiger partial charge on any atom is -0.351 e. The standard InChI is InChI=1S/C16H23FN2O.ClH/c17-14-9-7-13(8-10-14)16(20)19-12-11-18-15-5-3-1-2-4-6-15;/h7-10,15,18H,1-6,11-12H2,(H,19,20);1H. The number of hydrogen-bond acceptors (Lipinski definition) is 2. The molecule has 5 heteroatoms. The fourth-order valence-corrected chi connectivity index (χ4v) is 2.64. The normalized spacial score (nSPS) is 15.9. The molecule has 1 aromatic rings. The Balaban J connectivity index is 0.00000220. The number of carbonyl (C=O) groups excluding carboxylic acids is 1. The highest BCUT2D eigenvalue weighted by Gasteiger charge is 2.11. The average molecular weight is 315 g/mol. The van der Waals surface area contributed by atoms with E-state index in [0.29, 0.717) is 18.2 Å². The first-order valence-electron chi connectivity index (χ1n) is 7.53. The van der Waals surface area contributed by atoms with E-state index in [1.807, 2.05) is 0 Å². The summed E-state index contributed by atoms with van der Waals surface area (Å²) in [5.74, 6) is -0.468. The highest BCUT2D eigenvalue weighted by Crippen LogP contribution is 2.16. The lowest BCUT2D eigenvalue weighted by Crippen LogP contribution is -2.36. The van der Waals surface area contributed by atoms with Gasteiger partial charge in [-0.1, -0.05) is 25.7 Å². The van der Waals surface area contributed by atoms with Crippen LogP contribution in [0.15, 0.2) is 24.3 Å². The van der Waals surface area contributed by atoms with Gasteiger partial charge in [0.05, 0.1) is 0 Å². The summed E-state index contributed by atoms with van der Waals surface area (Å²) in [6.45, 7) is 1.39. The lowest BCUT2D eigenvalue weighted by Gasteiger charge is -2.16. The third kappa shape index (κ3) is 6.44. The van der Waals surface area contributed by atoms with E-state index in [2.05, 4.69) is 10.6 Å². The molecule has 0 atom stereocenters. The average Bonchev–Trinajstić information content (AvgIpc) is 2.73. The maximum Gasteiger partial charge on any atom is 0.251 e. The third-order valence-electron chi connectivity index (χ3n) is 3.81. The van der Waals surface area contributed by atoms with Gasteiger partial charge in [0.2, 0.25) is 0 Å². The van der Waals surface area contributed by atoms with E-state index in [9.17, 15) is 9.18 Å². The van der Waals surface area contributed by atoms with Crippen LogP contribution in [0.4, 0.5) is 4.39 Å². The van der Waals surface area contributed by atoms with Gasteiger partial charge in [0.15, 0.2) is 0 Å². The van der Waals surface area contributed by atoms with Gasteiger partial charge in [-0.15, -0.1) is 12.4 Å². The van der Waals surface area contributed by atoms with Crippen molar-refractivity contribution in [1.82, 2.24) is 10.6 Å². The van der Waals surface area contributed by atoms with E-state index in [1.165, 1.54) is 62.8 Å². The van der Waals surface area contributed by atoms with Crippen molar-refractivity contribution in [3.63, 3.8) is 0 Å². The minimum atomic E-state index is -0.323. The van der Waals surface area contributed by atoms with Crippen molar-refractivity contribution in [3.8, 4) is 0 Å². The summed E-state index contributed by atoms with van der Waals surface area (Å²) in [5.41, 5.74) is 0.501. The molecule has 1 fully saturated rings. The minimum absolute atomic E-state index is 0. The van der Waals surface area contributed by atoms with Crippen LogP contribution in [-0.4, -0.2) is 25.0 Å². The van der Waals surface area contributed by atoms with Crippen LogP contribution >= 0.6 is 12.4 Å². The van der Waals surface area contributed by atoms with Gasteiger partial charge in [-0.3, -0.25) is 4.79 Å². The van der Waals surface area contributed by atoms with Crippen LogP contribution in [0.2, 0.25) is 0 Å². The maximum absolute atomic E-state index is 12.8. The Morgan fingerprint density at radius 3 is 2.29 bits per heavy atom. The van der Waals surface area contributed by atoms with Gasteiger partial charge >= 0.3 is 0 Å². The second-order valence-electron chi connectivity index (χ2n) is 5.41. The summed E-state index contributed by atoms with van der Waals surface area (Å²) in [6, 6.07) is 6.21. The van der Waals surface area contributed by atoms with E-state index in [1.54, 1.807) is 0 Å². The van der Waals surface area contributed by atoms with Crippen LogP contribution in [0.25, 0.3) is 0 Å². The van der Waals surface area contributed by atoms with Crippen molar-refractivity contribution in [2.24, 2.45) is 0 Å². The van der Waals surface area contributed by atoms with Gasteiger partial charge in [-0.2, -0.15) is 0 Å². The molecule has 1 amide bonds. The van der Waals surface area contributed by atoms with E-state index < -0.39 is 0 Å². The summed E-state index contributed by atoms with van der Waals surface area (Å²) in [4.78, 5) is 11.8. The Bertz CT molecular complexity index is 417. The van der Waals surface area contributed by atoms with Crippen molar-refractivity contribution in [1.29, 1.82) is 0 Å². The quantitative estimate of drug-likeness (QED) is 0.647. The van der Waals surface area contributed by atoms with Crippen LogP contribution in [0.3, 0.4) is 0 Å². The lowest BCUT2D eigenvalue weighted by atomic mass is 10.1. The predicted molar refractivity (Wildman–Crippen MR) is 85.5 cm³/mol. The van der Waals surface area contributed by atoms with Gasteiger partial charge in [0.25, 0.3) is 5.91 Å². The molecule has 0 bridgehead atoms. The molecule has 0 spiro atoms. The number of rotatable bonds is 5. The number of amides is 1. The van der Waals surface area contributed by atoms with Crippen molar-refractivity contribution < 1.29 is 9.18 Å². The number of carbonyl (C=O) groups is 1. The van der Waals surface area contributed by atoms with Crippen molar-refractivity contribution in [2.45, 2.75) is 44.6 Å². The molecule has 0 aromatic heterocycles. The fourth-order valence-electron chi connectivity index (χ4n) is 2.64. The molecule has 2 N–H and O–H groups in total. The molecule has 1 saturated carbocycles. The van der Waals surface area contributed by atoms with Crippen molar-refractivity contribution >= 4 is 18.3 Å². The van der Waals surface area contributed by atoms with Crippen LogP contribution in [0.1, 0.15) is 48.9 Å². The second-order valence-corrected chi connectivity index (χ2v) is 5.41. The summed E-state index contributed by atoms with van der Waals surface area (Å²) >= 11 is 0. The van der Waals surface area contributed by atoms with E-state index in [-0.39, 0.29) is 24.1 Å². The van der Waals surface area contributed by atoms with Crippen molar-refractivity contribution in [3.05, 3.63) is 35.6 Å². The number of nitrogens with one attached hydrogen (secondary N) is 2. The first-order chi connectivity index (χ1) is 9.75. The largest absolute Gasteiger partial charge is 0.351 e. The van der Waals surface area contributed by atoms with Crippen LogP contribution in [0, 0.1) is 5.82 Å². The number of hydrogen-bond donors (Lipinski definition) is 2. The predicted octanol–water partition coefficient (Wildman–Crippen LogP) is 3.29. The molecule has 118 valence electrons. The smallest absolute Gasteiger partial charge is 0.251 e. The lowest BCUT2D eigenvalue weighted by molar-refractivity contribution is 0.0953. The molecule has 21 heavy (non-hydrogen) atoms. The summed E-state index contributed by atoms with van der Waals surface area (Å²) in [6.07, 6.45) is 7.79. The zero-order valence-corrected chi connectivity index (χ0v) is 13.1. The Kier molecular flexibility index (Phi) is 8.31. The summed E-state index contributed by atoms with van der Waals surface area (Å²) in [5, 5.41) is 6.35. The van der Waals surface area contributed by atoms with E-state index in [0.717, 1.165) is 6.54 Å². The maximum atomic E-state index is 12.8. The van der Waals surface area contributed by atoms with Crippen LogP contribution < -0.4 is 10.6 Å². The Labute approximate surface area is 132 Å².